The summed E-state index contributed by atoms with van der Waals surface area (Å²) in [6.07, 6.45) is 8.21. The second kappa shape index (κ2) is 10.8. The maximum absolute atomic E-state index is 2.68. The molecule has 2 bridgehead atoms. The number of hydrogen-bond donors (Lipinski definition) is 0. The van der Waals surface area contributed by atoms with Crippen molar-refractivity contribution >= 4 is 17.1 Å². The lowest BCUT2D eigenvalue weighted by atomic mass is 9.27. The van der Waals surface area contributed by atoms with E-state index in [2.05, 4.69) is 174 Å². The molecule has 0 aromatic heterocycles. The van der Waals surface area contributed by atoms with Crippen molar-refractivity contribution in [1.82, 2.24) is 0 Å². The van der Waals surface area contributed by atoms with E-state index in [0.29, 0.717) is 5.41 Å². The van der Waals surface area contributed by atoms with Crippen LogP contribution < -0.4 is 4.90 Å². The summed E-state index contributed by atoms with van der Waals surface area (Å²) in [5.41, 5.74) is 22.3. The van der Waals surface area contributed by atoms with Crippen LogP contribution >= 0.6 is 0 Å². The number of hydrogen-bond acceptors (Lipinski definition) is 1. The Balaban J connectivity index is 1.07. The van der Waals surface area contributed by atoms with E-state index in [4.69, 9.17) is 0 Å². The zero-order chi connectivity index (χ0) is 39.1. The second-order valence-corrected chi connectivity index (χ2v) is 21.6. The van der Waals surface area contributed by atoms with Gasteiger partial charge in [-0.3, -0.25) is 0 Å². The van der Waals surface area contributed by atoms with E-state index in [0.717, 1.165) is 23.7 Å². The van der Waals surface area contributed by atoms with Crippen molar-refractivity contribution in [2.24, 2.45) is 29.1 Å². The lowest BCUT2D eigenvalue weighted by Gasteiger charge is -2.76. The Hall–Kier alpha value is -4.88. The Kier molecular flexibility index (Phi) is 6.36. The molecule has 4 fully saturated rings. The fraction of sp³-hybridized carbons (Fsp3) is 0.368. The van der Waals surface area contributed by atoms with Crippen molar-refractivity contribution in [1.29, 1.82) is 0 Å². The second-order valence-electron chi connectivity index (χ2n) is 21.6. The van der Waals surface area contributed by atoms with Crippen LogP contribution in [-0.4, -0.2) is 0 Å². The molecule has 6 aromatic rings. The summed E-state index contributed by atoms with van der Waals surface area (Å²) in [6.45, 7) is 14.7. The summed E-state index contributed by atoms with van der Waals surface area (Å²) >= 11 is 0. The molecule has 13 rings (SSSR count). The van der Waals surface area contributed by atoms with E-state index < -0.39 is 0 Å². The highest BCUT2D eigenvalue weighted by Gasteiger charge is 2.84. The molecule has 7 aliphatic rings. The van der Waals surface area contributed by atoms with Crippen LogP contribution in [0, 0.1) is 29.1 Å². The van der Waals surface area contributed by atoms with Crippen LogP contribution in [0.5, 0.6) is 0 Å². The molecule has 1 heteroatoms. The molecule has 0 saturated heterocycles. The van der Waals surface area contributed by atoms with Crippen molar-refractivity contribution in [3.63, 3.8) is 0 Å². The zero-order valence-electron chi connectivity index (χ0n) is 35.1. The van der Waals surface area contributed by atoms with Crippen molar-refractivity contribution in [3.05, 3.63) is 161 Å². The molecule has 6 unspecified atom stereocenters. The molecule has 2 spiro atoms. The number of benzene rings is 6. The van der Waals surface area contributed by atoms with Gasteiger partial charge in [-0.05, 0) is 176 Å². The van der Waals surface area contributed by atoms with Gasteiger partial charge < -0.3 is 4.90 Å². The fourth-order valence-electron chi connectivity index (χ4n) is 15.4. The van der Waals surface area contributed by atoms with Gasteiger partial charge in [0.05, 0.1) is 5.69 Å². The number of fused-ring (bicyclic) bond motifs is 12. The predicted octanol–water partition coefficient (Wildman–Crippen LogP) is 14.8. The monoisotopic (exact) mass is 753 g/mol. The summed E-state index contributed by atoms with van der Waals surface area (Å²) in [6, 6.07) is 50.3. The summed E-state index contributed by atoms with van der Waals surface area (Å²) < 4.78 is 0. The summed E-state index contributed by atoms with van der Waals surface area (Å²) in [5.74, 6) is 3.38. The number of nitrogens with zero attached hydrogens (tertiary/aromatic N) is 1. The van der Waals surface area contributed by atoms with E-state index in [9.17, 15) is 0 Å². The Morgan fingerprint density at radius 1 is 0.483 bits per heavy atom. The number of rotatable bonds is 4. The van der Waals surface area contributed by atoms with Crippen LogP contribution in [0.1, 0.15) is 113 Å². The molecule has 58 heavy (non-hydrogen) atoms. The summed E-state index contributed by atoms with van der Waals surface area (Å²) in [5, 5.41) is 0. The topological polar surface area (TPSA) is 3.24 Å². The maximum Gasteiger partial charge on any atom is 0.0543 e. The van der Waals surface area contributed by atoms with E-state index in [1.165, 1.54) is 111 Å². The highest BCUT2D eigenvalue weighted by Crippen LogP contribution is 2.90. The first-order valence-corrected chi connectivity index (χ1v) is 22.5. The fourth-order valence-corrected chi connectivity index (χ4v) is 15.4. The minimum Gasteiger partial charge on any atom is -0.310 e. The first-order valence-electron chi connectivity index (χ1n) is 22.5. The van der Waals surface area contributed by atoms with Gasteiger partial charge in [-0.2, -0.15) is 0 Å². The lowest BCUT2D eigenvalue weighted by molar-refractivity contribution is -0.231. The molecule has 6 aromatic carbocycles. The molecular formula is C57H55N. The number of anilines is 3. The van der Waals surface area contributed by atoms with Crippen LogP contribution in [0.3, 0.4) is 0 Å². The van der Waals surface area contributed by atoms with Gasteiger partial charge in [-0.25, -0.2) is 0 Å². The van der Waals surface area contributed by atoms with Crippen LogP contribution in [0.25, 0.3) is 33.4 Å². The summed E-state index contributed by atoms with van der Waals surface area (Å²) in [4.78, 5) is 2.68. The van der Waals surface area contributed by atoms with Gasteiger partial charge in [0.25, 0.3) is 0 Å². The molecule has 1 nitrogen and oxygen atoms in total. The molecular weight excluding hydrogens is 699 g/mol. The Labute approximate surface area is 345 Å². The molecule has 288 valence electrons. The van der Waals surface area contributed by atoms with Crippen LogP contribution in [0.2, 0.25) is 0 Å². The molecule has 7 aliphatic carbocycles. The van der Waals surface area contributed by atoms with E-state index in [-0.39, 0.29) is 21.7 Å². The van der Waals surface area contributed by atoms with Crippen LogP contribution in [-0.2, 0) is 21.7 Å². The summed E-state index contributed by atoms with van der Waals surface area (Å²) in [7, 11) is 0. The van der Waals surface area contributed by atoms with Crippen LogP contribution in [0.15, 0.2) is 127 Å². The normalized spacial score (nSPS) is 29.7. The largest absolute Gasteiger partial charge is 0.310 e. The Morgan fingerprint density at radius 2 is 1.16 bits per heavy atom. The van der Waals surface area contributed by atoms with Gasteiger partial charge in [-0.15, -0.1) is 0 Å². The van der Waals surface area contributed by atoms with Crippen molar-refractivity contribution in [2.45, 2.75) is 102 Å². The average molecular weight is 754 g/mol. The zero-order valence-corrected chi connectivity index (χ0v) is 35.1. The van der Waals surface area contributed by atoms with Gasteiger partial charge in [0, 0.05) is 27.8 Å². The molecule has 0 amide bonds. The highest BCUT2D eigenvalue weighted by molar-refractivity contribution is 5.98. The van der Waals surface area contributed by atoms with Crippen LogP contribution in [0.4, 0.5) is 17.1 Å². The van der Waals surface area contributed by atoms with Gasteiger partial charge >= 0.3 is 0 Å². The van der Waals surface area contributed by atoms with Gasteiger partial charge in [-0.1, -0.05) is 133 Å². The molecule has 0 heterocycles. The molecule has 0 radical (unpaired) electrons. The minimum atomic E-state index is -0.0819. The molecule has 4 saturated carbocycles. The van der Waals surface area contributed by atoms with E-state index in [1.807, 2.05) is 0 Å². The molecule has 0 N–H and O–H groups in total. The van der Waals surface area contributed by atoms with E-state index in [1.54, 1.807) is 11.1 Å². The van der Waals surface area contributed by atoms with Gasteiger partial charge in [0.2, 0.25) is 0 Å². The predicted molar refractivity (Wildman–Crippen MR) is 240 cm³/mol. The molecule has 6 atom stereocenters. The standard InChI is InChI=1S/C57H55N/c1-53(2)25-26-54(3,4)48-32-39(21-24-44(48)53)58(38-20-23-41-40-15-10-11-16-43(40)55(5,6)46(41)31-38)49-18-12-17-45-52(49)42-22-19-36(35-13-8-7-9-14-35)29-47(42)57(45)50-28-34-27-37-30-51(57)56(37,50)33-34/h7-24,29,31-32,34,37,50-51H,25-28,30,33H2,1-6H3. The van der Waals surface area contributed by atoms with Gasteiger partial charge in [0.1, 0.15) is 0 Å². The first-order chi connectivity index (χ1) is 27.9. The van der Waals surface area contributed by atoms with E-state index >= 15 is 0 Å². The average Bonchev–Trinajstić information content (AvgIpc) is 3.92. The molecule has 0 aliphatic heterocycles. The van der Waals surface area contributed by atoms with Crippen molar-refractivity contribution in [2.75, 3.05) is 4.90 Å². The quantitative estimate of drug-likeness (QED) is 0.173. The first kappa shape index (κ1) is 34.0. The Morgan fingerprint density at radius 3 is 1.97 bits per heavy atom. The third-order valence-corrected chi connectivity index (χ3v) is 18.0. The van der Waals surface area contributed by atoms with Crippen molar-refractivity contribution in [3.8, 4) is 33.4 Å². The third-order valence-electron chi connectivity index (χ3n) is 18.0. The third kappa shape index (κ3) is 3.91. The minimum absolute atomic E-state index is 0.0819. The smallest absolute Gasteiger partial charge is 0.0543 e. The lowest BCUT2D eigenvalue weighted by Crippen LogP contribution is -2.73. The SMILES string of the molecule is CC1(C)CCC(C)(C)c2cc(N(c3ccc4c(c3)C(C)(C)c3ccccc3-4)c3cccc4c3-c3ccc(-c5ccccc5)cc3C43C4CC5CC6CC3C64C5)ccc21. The highest BCUT2D eigenvalue weighted by atomic mass is 15.1. The van der Waals surface area contributed by atoms with Crippen molar-refractivity contribution < 1.29 is 0 Å². The maximum atomic E-state index is 2.68. The van der Waals surface area contributed by atoms with Gasteiger partial charge in [0.15, 0.2) is 0 Å². The Bertz CT molecular complexity index is 2760.